The van der Waals surface area contributed by atoms with Crippen LogP contribution in [0.2, 0.25) is 0 Å². The summed E-state index contributed by atoms with van der Waals surface area (Å²) < 4.78 is 43.0. The highest BCUT2D eigenvalue weighted by Gasteiger charge is 2.33. The molecule has 23 heavy (non-hydrogen) atoms. The topological polar surface area (TPSA) is 63.7 Å². The number of ether oxygens (including phenoxy) is 1. The molecule has 0 aromatic carbocycles. The summed E-state index contributed by atoms with van der Waals surface area (Å²) in [6.07, 6.45) is 0.967. The van der Waals surface area contributed by atoms with Gasteiger partial charge in [-0.15, -0.1) is 0 Å². The van der Waals surface area contributed by atoms with E-state index in [4.69, 9.17) is 4.74 Å². The molecule has 0 aliphatic rings. The first-order valence-corrected chi connectivity index (χ1v) is 6.55. The Labute approximate surface area is 129 Å². The van der Waals surface area contributed by atoms with Gasteiger partial charge in [0.05, 0.1) is 19.5 Å². The maximum atomic E-state index is 12.6. The highest BCUT2D eigenvalue weighted by atomic mass is 19.4. The first-order chi connectivity index (χ1) is 11.0. The summed E-state index contributed by atoms with van der Waals surface area (Å²) in [7, 11) is 1.53. The second kappa shape index (κ2) is 5.71. The van der Waals surface area contributed by atoms with E-state index in [9.17, 15) is 13.2 Å². The lowest BCUT2D eigenvalue weighted by Gasteiger charge is -2.05. The number of halogens is 3. The van der Waals surface area contributed by atoms with Gasteiger partial charge in [0.1, 0.15) is 17.1 Å². The Morgan fingerprint density at radius 1 is 1.04 bits per heavy atom. The van der Waals surface area contributed by atoms with Crippen molar-refractivity contribution < 1.29 is 17.9 Å². The van der Waals surface area contributed by atoms with Gasteiger partial charge in [-0.05, 0) is 23.8 Å². The summed E-state index contributed by atoms with van der Waals surface area (Å²) in [6, 6.07) is 5.14. The SMILES string of the molecule is COc1cncc(-c2ccnc(-c3ncc(C(F)(F)F)[nH]3)c2)c1. The highest BCUT2D eigenvalue weighted by molar-refractivity contribution is 5.68. The van der Waals surface area contributed by atoms with E-state index in [0.29, 0.717) is 11.4 Å². The molecule has 5 nitrogen and oxygen atoms in total. The fraction of sp³-hybridized carbons (Fsp3) is 0.133. The van der Waals surface area contributed by atoms with E-state index in [1.807, 2.05) is 0 Å². The van der Waals surface area contributed by atoms with Gasteiger partial charge in [-0.1, -0.05) is 0 Å². The minimum Gasteiger partial charge on any atom is -0.495 e. The monoisotopic (exact) mass is 320 g/mol. The van der Waals surface area contributed by atoms with Crippen molar-refractivity contribution in [3.63, 3.8) is 0 Å². The van der Waals surface area contributed by atoms with Gasteiger partial charge in [-0.3, -0.25) is 9.97 Å². The lowest BCUT2D eigenvalue weighted by Crippen LogP contribution is -2.04. The van der Waals surface area contributed by atoms with Crippen LogP contribution in [0.1, 0.15) is 5.69 Å². The number of aromatic nitrogens is 4. The second-order valence-corrected chi connectivity index (χ2v) is 4.69. The number of methoxy groups -OCH3 is 1. The average molecular weight is 320 g/mol. The number of nitrogens with zero attached hydrogens (tertiary/aromatic N) is 3. The van der Waals surface area contributed by atoms with E-state index in [0.717, 1.165) is 17.3 Å². The Bertz CT molecular complexity index is 829. The van der Waals surface area contributed by atoms with Crippen molar-refractivity contribution in [2.45, 2.75) is 6.18 Å². The van der Waals surface area contributed by atoms with Gasteiger partial charge >= 0.3 is 6.18 Å². The first kappa shape index (κ1) is 15.0. The summed E-state index contributed by atoms with van der Waals surface area (Å²) in [5.41, 5.74) is 0.894. The van der Waals surface area contributed by atoms with E-state index in [-0.39, 0.29) is 5.82 Å². The summed E-state index contributed by atoms with van der Waals surface area (Å²) in [5, 5.41) is 0. The molecule has 0 atom stereocenters. The van der Waals surface area contributed by atoms with Crippen molar-refractivity contribution in [2.75, 3.05) is 7.11 Å². The smallest absolute Gasteiger partial charge is 0.432 e. The molecule has 0 aliphatic heterocycles. The van der Waals surface area contributed by atoms with Gasteiger partial charge < -0.3 is 9.72 Å². The summed E-state index contributed by atoms with van der Waals surface area (Å²) in [4.78, 5) is 14.1. The number of hydrogen-bond acceptors (Lipinski definition) is 4. The van der Waals surface area contributed by atoms with Crippen LogP contribution in [0.3, 0.4) is 0 Å². The molecule has 0 amide bonds. The molecule has 0 radical (unpaired) electrons. The number of rotatable bonds is 3. The number of hydrogen-bond donors (Lipinski definition) is 1. The molecule has 3 rings (SSSR count). The predicted molar refractivity (Wildman–Crippen MR) is 76.6 cm³/mol. The first-order valence-electron chi connectivity index (χ1n) is 6.55. The van der Waals surface area contributed by atoms with Crippen LogP contribution in [0.15, 0.2) is 43.0 Å². The average Bonchev–Trinajstić information content (AvgIpc) is 3.05. The summed E-state index contributed by atoms with van der Waals surface area (Å²) >= 11 is 0. The normalized spacial score (nSPS) is 11.5. The summed E-state index contributed by atoms with van der Waals surface area (Å²) in [6.45, 7) is 0. The van der Waals surface area contributed by atoms with Crippen LogP contribution in [0, 0.1) is 0 Å². The van der Waals surface area contributed by atoms with Gasteiger partial charge in [-0.25, -0.2) is 4.98 Å². The molecule has 0 bridgehead atoms. The van der Waals surface area contributed by atoms with Gasteiger partial charge in [0.25, 0.3) is 0 Å². The van der Waals surface area contributed by atoms with Crippen molar-refractivity contribution >= 4 is 0 Å². The lowest BCUT2D eigenvalue weighted by molar-refractivity contribution is -0.140. The Kier molecular flexibility index (Phi) is 3.73. The lowest BCUT2D eigenvalue weighted by atomic mass is 10.1. The number of pyridine rings is 2. The standard InChI is InChI=1S/C15H11F3N4O/c1-23-11-4-10(6-19-7-11)9-2-3-20-12(5-9)14-21-8-13(22-14)15(16,17)18/h2-8H,1H3,(H,21,22). The number of alkyl halides is 3. The van der Waals surface area contributed by atoms with Crippen LogP contribution in [0.5, 0.6) is 5.75 Å². The molecule has 0 saturated carbocycles. The van der Waals surface area contributed by atoms with Crippen molar-refractivity contribution in [1.29, 1.82) is 0 Å². The van der Waals surface area contributed by atoms with Crippen LogP contribution < -0.4 is 4.74 Å². The number of H-pyrrole nitrogens is 1. The quantitative estimate of drug-likeness (QED) is 0.801. The van der Waals surface area contributed by atoms with E-state index < -0.39 is 11.9 Å². The molecule has 0 saturated heterocycles. The fourth-order valence-electron chi connectivity index (χ4n) is 2.02. The van der Waals surface area contributed by atoms with Crippen LogP contribution in [0.25, 0.3) is 22.6 Å². The highest BCUT2D eigenvalue weighted by Crippen LogP contribution is 2.30. The van der Waals surface area contributed by atoms with Crippen LogP contribution in [0.4, 0.5) is 13.2 Å². The Morgan fingerprint density at radius 3 is 2.57 bits per heavy atom. The number of aromatic amines is 1. The fourth-order valence-corrected chi connectivity index (χ4v) is 2.02. The Hall–Kier alpha value is -2.90. The van der Waals surface area contributed by atoms with Gasteiger partial charge in [-0.2, -0.15) is 13.2 Å². The van der Waals surface area contributed by atoms with Crippen molar-refractivity contribution in [1.82, 2.24) is 19.9 Å². The Morgan fingerprint density at radius 2 is 1.87 bits per heavy atom. The van der Waals surface area contributed by atoms with Crippen molar-refractivity contribution in [2.24, 2.45) is 0 Å². The molecule has 118 valence electrons. The molecule has 3 heterocycles. The minimum absolute atomic E-state index is 0.0510. The molecule has 0 aliphatic carbocycles. The zero-order valence-electron chi connectivity index (χ0n) is 11.9. The van der Waals surface area contributed by atoms with Crippen molar-refractivity contribution in [3.05, 3.63) is 48.7 Å². The summed E-state index contributed by atoms with van der Waals surface area (Å²) in [5.74, 6) is 0.633. The minimum atomic E-state index is -4.47. The predicted octanol–water partition coefficient (Wildman–Crippen LogP) is 3.56. The van der Waals surface area contributed by atoms with E-state index in [1.165, 1.54) is 13.3 Å². The molecule has 0 fully saturated rings. The van der Waals surface area contributed by atoms with Crippen molar-refractivity contribution in [3.8, 4) is 28.4 Å². The van der Waals surface area contributed by atoms with E-state index in [1.54, 1.807) is 30.6 Å². The third-order valence-electron chi connectivity index (χ3n) is 3.17. The maximum Gasteiger partial charge on any atom is 0.432 e. The van der Waals surface area contributed by atoms with E-state index >= 15 is 0 Å². The molecule has 3 aromatic heterocycles. The van der Waals surface area contributed by atoms with Gasteiger partial charge in [0, 0.05) is 18.0 Å². The third kappa shape index (κ3) is 3.15. The molecule has 0 spiro atoms. The zero-order chi connectivity index (χ0) is 16.4. The third-order valence-corrected chi connectivity index (χ3v) is 3.17. The number of nitrogens with one attached hydrogen (secondary N) is 1. The molecule has 8 heteroatoms. The van der Waals surface area contributed by atoms with Crippen LogP contribution >= 0.6 is 0 Å². The molecule has 3 aromatic rings. The molecule has 1 N–H and O–H groups in total. The molecular formula is C15H11F3N4O. The maximum absolute atomic E-state index is 12.6. The zero-order valence-corrected chi connectivity index (χ0v) is 11.9. The van der Waals surface area contributed by atoms with Crippen LogP contribution in [-0.2, 0) is 6.18 Å². The Balaban J connectivity index is 1.98. The van der Waals surface area contributed by atoms with Gasteiger partial charge in [0.2, 0.25) is 0 Å². The van der Waals surface area contributed by atoms with Gasteiger partial charge in [0.15, 0.2) is 5.82 Å². The second-order valence-electron chi connectivity index (χ2n) is 4.69. The largest absolute Gasteiger partial charge is 0.495 e. The van der Waals surface area contributed by atoms with E-state index in [2.05, 4.69) is 19.9 Å². The van der Waals surface area contributed by atoms with Crippen LogP contribution in [-0.4, -0.2) is 27.0 Å². The molecular weight excluding hydrogens is 309 g/mol. The molecule has 0 unspecified atom stereocenters. The number of imidazole rings is 1.